The zero-order chi connectivity index (χ0) is 17.7. The van der Waals surface area contributed by atoms with E-state index in [2.05, 4.69) is 5.10 Å². The zero-order valence-electron chi connectivity index (χ0n) is 13.3. The Morgan fingerprint density at radius 1 is 1.24 bits per heavy atom. The fraction of sp³-hybridized carbons (Fsp3) is 0.312. The van der Waals surface area contributed by atoms with Crippen LogP contribution < -0.4 is 4.90 Å². The van der Waals surface area contributed by atoms with Crippen LogP contribution in [0.4, 0.5) is 19.4 Å². The van der Waals surface area contributed by atoms with Gasteiger partial charge in [-0.3, -0.25) is 4.79 Å². The van der Waals surface area contributed by atoms with Gasteiger partial charge < -0.3 is 9.64 Å². The second-order valence-corrected chi connectivity index (χ2v) is 5.89. The lowest BCUT2D eigenvalue weighted by Crippen LogP contribution is -2.45. The molecule has 3 amide bonds. The summed E-state index contributed by atoms with van der Waals surface area (Å²) in [6.45, 7) is 2.50. The average Bonchev–Trinajstić information content (AvgIpc) is 3.07. The lowest BCUT2D eigenvalue weighted by molar-refractivity contribution is -0.123. The van der Waals surface area contributed by atoms with Crippen molar-refractivity contribution < 1.29 is 23.1 Å². The molecular weight excluding hydrogens is 334 g/mol. The number of rotatable bonds is 2. The van der Waals surface area contributed by atoms with E-state index in [4.69, 9.17) is 4.74 Å². The number of ether oxygens (including phenoxy) is 1. The molecule has 130 valence electrons. The zero-order valence-corrected chi connectivity index (χ0v) is 13.3. The van der Waals surface area contributed by atoms with Crippen molar-refractivity contribution in [3.63, 3.8) is 0 Å². The van der Waals surface area contributed by atoms with Crippen molar-refractivity contribution in [1.82, 2.24) is 14.7 Å². The maximum atomic E-state index is 14.0. The number of halogens is 2. The van der Waals surface area contributed by atoms with Gasteiger partial charge in [0.25, 0.3) is 5.91 Å². The van der Waals surface area contributed by atoms with Gasteiger partial charge in [0.2, 0.25) is 0 Å². The van der Waals surface area contributed by atoms with Crippen LogP contribution in [0.2, 0.25) is 0 Å². The monoisotopic (exact) mass is 348 g/mol. The minimum atomic E-state index is -0.789. The molecule has 0 spiro atoms. The van der Waals surface area contributed by atoms with Crippen molar-refractivity contribution in [3.05, 3.63) is 41.6 Å². The van der Waals surface area contributed by atoms with E-state index >= 15 is 0 Å². The third-order valence-corrected chi connectivity index (χ3v) is 4.31. The van der Waals surface area contributed by atoms with Gasteiger partial charge in [-0.05, 0) is 19.1 Å². The Kier molecular flexibility index (Phi) is 3.53. The fourth-order valence-corrected chi connectivity index (χ4v) is 3.08. The molecule has 2 aliphatic heterocycles. The van der Waals surface area contributed by atoms with Gasteiger partial charge in [-0.25, -0.2) is 23.2 Å². The third kappa shape index (κ3) is 2.39. The summed E-state index contributed by atoms with van der Waals surface area (Å²) >= 11 is 0. The standard InChI is InChI=1S/C16H14F2N4O3/c1-9-6-14(19-22(9)12-3-2-10(17)7-11(12)18)21-15(23)13-8-25-5-4-20(13)16(21)24/h2-3,6-7,13H,4-5,8H2,1H3. The number of aryl methyl sites for hydroxylation is 1. The van der Waals surface area contributed by atoms with Crippen LogP contribution in [-0.2, 0) is 9.53 Å². The van der Waals surface area contributed by atoms with Crippen LogP contribution in [0.1, 0.15) is 5.69 Å². The number of aromatic nitrogens is 2. The van der Waals surface area contributed by atoms with Crippen LogP contribution in [0.25, 0.3) is 5.69 Å². The first-order valence-electron chi connectivity index (χ1n) is 7.72. The molecule has 25 heavy (non-hydrogen) atoms. The van der Waals surface area contributed by atoms with Crippen molar-refractivity contribution in [2.75, 3.05) is 24.7 Å². The first-order valence-corrected chi connectivity index (χ1v) is 7.72. The number of carbonyl (C=O) groups excluding carboxylic acids is 2. The maximum absolute atomic E-state index is 14.0. The van der Waals surface area contributed by atoms with E-state index < -0.39 is 29.6 Å². The smallest absolute Gasteiger partial charge is 0.333 e. The number of anilines is 1. The van der Waals surface area contributed by atoms with E-state index in [0.717, 1.165) is 17.0 Å². The van der Waals surface area contributed by atoms with E-state index in [1.54, 1.807) is 6.92 Å². The number of nitrogens with zero attached hydrogens (tertiary/aromatic N) is 4. The van der Waals surface area contributed by atoms with Crippen molar-refractivity contribution in [2.45, 2.75) is 13.0 Å². The van der Waals surface area contributed by atoms with Crippen LogP contribution >= 0.6 is 0 Å². The summed E-state index contributed by atoms with van der Waals surface area (Å²) in [4.78, 5) is 27.5. The topological polar surface area (TPSA) is 67.7 Å². The quantitative estimate of drug-likeness (QED) is 0.774. The lowest BCUT2D eigenvalue weighted by Gasteiger charge is -2.26. The van der Waals surface area contributed by atoms with Crippen LogP contribution in [0.3, 0.4) is 0 Å². The number of hydrogen-bond acceptors (Lipinski definition) is 4. The summed E-state index contributed by atoms with van der Waals surface area (Å²) in [5, 5.41) is 4.18. The fourth-order valence-electron chi connectivity index (χ4n) is 3.08. The molecule has 2 aliphatic rings. The van der Waals surface area contributed by atoms with Crippen LogP contribution in [0, 0.1) is 18.6 Å². The van der Waals surface area contributed by atoms with Crippen molar-refractivity contribution >= 4 is 17.8 Å². The SMILES string of the molecule is Cc1cc(N2C(=O)C3COCCN3C2=O)nn1-c1ccc(F)cc1F. The molecular formula is C16H14F2N4O3. The number of fused-ring (bicyclic) bond motifs is 1. The van der Waals surface area contributed by atoms with Crippen LogP contribution in [0.15, 0.2) is 24.3 Å². The average molecular weight is 348 g/mol. The van der Waals surface area contributed by atoms with Crippen LogP contribution in [0.5, 0.6) is 0 Å². The molecule has 2 aromatic rings. The van der Waals surface area contributed by atoms with Gasteiger partial charge in [-0.2, -0.15) is 0 Å². The highest BCUT2D eigenvalue weighted by atomic mass is 19.1. The third-order valence-electron chi connectivity index (χ3n) is 4.31. The molecule has 0 N–H and O–H groups in total. The van der Waals surface area contributed by atoms with Gasteiger partial charge in [0.1, 0.15) is 17.5 Å². The van der Waals surface area contributed by atoms with Crippen molar-refractivity contribution in [2.24, 2.45) is 0 Å². The number of benzene rings is 1. The van der Waals surface area contributed by atoms with E-state index in [0.29, 0.717) is 18.8 Å². The van der Waals surface area contributed by atoms with Gasteiger partial charge in [0.05, 0.1) is 13.2 Å². The predicted octanol–water partition coefficient (Wildman–Crippen LogP) is 1.63. The highest BCUT2D eigenvalue weighted by molar-refractivity contribution is 6.21. The summed E-state index contributed by atoms with van der Waals surface area (Å²) in [5.74, 6) is -1.81. The highest BCUT2D eigenvalue weighted by Gasteiger charge is 2.48. The van der Waals surface area contributed by atoms with E-state index in [1.807, 2.05) is 0 Å². The molecule has 1 unspecified atom stereocenters. The Morgan fingerprint density at radius 2 is 2.04 bits per heavy atom. The van der Waals surface area contributed by atoms with Crippen molar-refractivity contribution in [1.29, 1.82) is 0 Å². The van der Waals surface area contributed by atoms with Crippen molar-refractivity contribution in [3.8, 4) is 5.69 Å². The summed E-state index contributed by atoms with van der Waals surface area (Å²) in [6, 6.07) is 3.50. The normalized spacial score (nSPS) is 20.4. The molecule has 7 nitrogen and oxygen atoms in total. The first kappa shape index (κ1) is 15.7. The maximum Gasteiger partial charge on any atom is 0.333 e. The Labute approximate surface area is 141 Å². The molecule has 0 aliphatic carbocycles. The van der Waals surface area contributed by atoms with E-state index in [1.165, 1.54) is 21.7 Å². The minimum absolute atomic E-state index is 0.0327. The van der Waals surface area contributed by atoms with Gasteiger partial charge in [0, 0.05) is 24.4 Å². The summed E-state index contributed by atoms with van der Waals surface area (Å²) < 4.78 is 33.6. The Balaban J connectivity index is 1.73. The number of morpholine rings is 1. The van der Waals surface area contributed by atoms with Crippen LogP contribution in [-0.4, -0.2) is 52.4 Å². The molecule has 1 aromatic carbocycles. The number of carbonyl (C=O) groups is 2. The number of imide groups is 1. The second kappa shape index (κ2) is 5.62. The molecule has 2 fully saturated rings. The molecule has 1 aromatic heterocycles. The Morgan fingerprint density at radius 3 is 2.76 bits per heavy atom. The number of hydrogen-bond donors (Lipinski definition) is 0. The molecule has 1 atom stereocenters. The lowest BCUT2D eigenvalue weighted by atomic mass is 10.2. The number of amides is 3. The van der Waals surface area contributed by atoms with Gasteiger partial charge in [-0.1, -0.05) is 0 Å². The predicted molar refractivity (Wildman–Crippen MR) is 82.4 cm³/mol. The minimum Gasteiger partial charge on any atom is -0.377 e. The summed E-state index contributed by atoms with van der Waals surface area (Å²) in [6.07, 6.45) is 0. The highest BCUT2D eigenvalue weighted by Crippen LogP contribution is 2.28. The first-order chi connectivity index (χ1) is 12.0. The van der Waals surface area contributed by atoms with E-state index in [-0.39, 0.29) is 18.1 Å². The Bertz CT molecular complexity index is 858. The molecule has 0 saturated carbocycles. The van der Waals surface area contributed by atoms with E-state index in [9.17, 15) is 18.4 Å². The number of urea groups is 1. The molecule has 2 saturated heterocycles. The molecule has 4 rings (SSSR count). The van der Waals surface area contributed by atoms with Gasteiger partial charge in [0.15, 0.2) is 11.6 Å². The summed E-state index contributed by atoms with van der Waals surface area (Å²) in [7, 11) is 0. The largest absolute Gasteiger partial charge is 0.377 e. The molecule has 9 heteroatoms. The second-order valence-electron chi connectivity index (χ2n) is 5.89. The Hall–Kier alpha value is -2.81. The van der Waals surface area contributed by atoms with Gasteiger partial charge >= 0.3 is 6.03 Å². The summed E-state index contributed by atoms with van der Waals surface area (Å²) in [5.41, 5.74) is 0.535. The molecule has 0 radical (unpaired) electrons. The molecule has 3 heterocycles. The van der Waals surface area contributed by atoms with Gasteiger partial charge in [-0.15, -0.1) is 5.10 Å². The molecule has 0 bridgehead atoms.